The van der Waals surface area contributed by atoms with Crippen molar-refractivity contribution in [3.63, 3.8) is 0 Å². The van der Waals surface area contributed by atoms with Gasteiger partial charge in [0.05, 0.1) is 31.0 Å². The topological polar surface area (TPSA) is 88.6 Å². The van der Waals surface area contributed by atoms with E-state index >= 15 is 0 Å². The predicted molar refractivity (Wildman–Crippen MR) is 120 cm³/mol. The second kappa shape index (κ2) is 8.43. The predicted octanol–water partition coefficient (Wildman–Crippen LogP) is 2.32. The van der Waals surface area contributed by atoms with Crippen LogP contribution in [0, 0.1) is 5.41 Å². The molecule has 0 saturated carbocycles. The molecule has 4 atom stereocenters. The molecule has 2 aromatic rings. The van der Waals surface area contributed by atoms with Crippen LogP contribution in [0.5, 0.6) is 0 Å². The summed E-state index contributed by atoms with van der Waals surface area (Å²) in [6, 6.07) is 9.92. The molecule has 8 nitrogen and oxygen atoms in total. The van der Waals surface area contributed by atoms with Crippen molar-refractivity contribution in [3.8, 4) is 11.3 Å². The minimum absolute atomic E-state index is 0.00178. The Hall–Kier alpha value is -2.71. The molecule has 1 aromatic carbocycles. The molecule has 0 unspecified atom stereocenters. The van der Waals surface area contributed by atoms with Gasteiger partial charge in [0.1, 0.15) is 12.2 Å². The Morgan fingerprint density at radius 1 is 1.03 bits per heavy atom. The van der Waals surface area contributed by atoms with Gasteiger partial charge in [-0.25, -0.2) is 9.97 Å². The third kappa shape index (κ3) is 4.65. The van der Waals surface area contributed by atoms with E-state index < -0.39 is 5.41 Å². The van der Waals surface area contributed by atoms with Crippen LogP contribution in [0.2, 0.25) is 0 Å². The highest BCUT2D eigenvalue weighted by Gasteiger charge is 2.48. The van der Waals surface area contributed by atoms with E-state index in [4.69, 9.17) is 9.47 Å². The Kier molecular flexibility index (Phi) is 5.85. The largest absolute Gasteiger partial charge is 0.378 e. The summed E-state index contributed by atoms with van der Waals surface area (Å²) in [7, 11) is 4.03. The molecule has 166 valence electrons. The van der Waals surface area contributed by atoms with Crippen LogP contribution in [0.15, 0.2) is 36.5 Å². The van der Waals surface area contributed by atoms with Gasteiger partial charge in [-0.15, -0.1) is 0 Å². The molecule has 2 N–H and O–H groups in total. The maximum absolute atomic E-state index is 12.4. The number of hydrogen-bond acceptors (Lipinski definition) is 7. The average molecular weight is 426 g/mol. The lowest BCUT2D eigenvalue weighted by atomic mass is 9.94. The standard InChI is InChI=1S/C23H31N5O3/c1-23(2,3)21(29)25-17-12-30-20-18(13-31-19(17)20)27-22-24-11-10-16(26-22)14-6-8-15(9-7-14)28(4)5/h6-11,17-20H,12-13H2,1-5H3,(H,25,29)(H,24,26,27)/t17-,18+,19-,20+/m1/s1. The zero-order valence-corrected chi connectivity index (χ0v) is 18.8. The molecule has 1 amide bonds. The number of ether oxygens (including phenoxy) is 2. The number of nitrogens with zero attached hydrogens (tertiary/aromatic N) is 3. The third-order valence-corrected chi connectivity index (χ3v) is 5.70. The van der Waals surface area contributed by atoms with E-state index in [2.05, 4.69) is 49.8 Å². The van der Waals surface area contributed by atoms with Crippen LogP contribution < -0.4 is 15.5 Å². The van der Waals surface area contributed by atoms with Crippen LogP contribution in [-0.4, -0.2) is 67.5 Å². The van der Waals surface area contributed by atoms with E-state index in [9.17, 15) is 4.79 Å². The van der Waals surface area contributed by atoms with E-state index in [-0.39, 0.29) is 30.2 Å². The third-order valence-electron chi connectivity index (χ3n) is 5.70. The molecule has 0 bridgehead atoms. The molecule has 0 radical (unpaired) electrons. The zero-order valence-electron chi connectivity index (χ0n) is 18.8. The number of aromatic nitrogens is 2. The Bertz CT molecular complexity index is 926. The summed E-state index contributed by atoms with van der Waals surface area (Å²) in [4.78, 5) is 23.5. The van der Waals surface area contributed by atoms with E-state index in [1.54, 1.807) is 6.20 Å². The van der Waals surface area contributed by atoms with Crippen molar-refractivity contribution in [1.29, 1.82) is 0 Å². The molecule has 3 heterocycles. The van der Waals surface area contributed by atoms with Gasteiger partial charge in [0.25, 0.3) is 0 Å². The maximum Gasteiger partial charge on any atom is 0.225 e. The first-order valence-electron chi connectivity index (χ1n) is 10.6. The molecule has 4 rings (SSSR count). The second-order valence-electron chi connectivity index (χ2n) is 9.38. The number of carbonyl (C=O) groups is 1. The SMILES string of the molecule is CN(C)c1ccc(-c2ccnc(N[C@H]3CO[C@H]4[C@H]3OC[C@H]4NC(=O)C(C)(C)C)n2)cc1. The molecule has 0 spiro atoms. The highest BCUT2D eigenvalue weighted by atomic mass is 16.6. The van der Waals surface area contributed by atoms with Gasteiger partial charge in [0.15, 0.2) is 0 Å². The van der Waals surface area contributed by atoms with Crippen LogP contribution in [0.1, 0.15) is 20.8 Å². The van der Waals surface area contributed by atoms with Gasteiger partial charge in [-0.05, 0) is 18.2 Å². The maximum atomic E-state index is 12.4. The lowest BCUT2D eigenvalue weighted by Crippen LogP contribution is -2.48. The van der Waals surface area contributed by atoms with Gasteiger partial charge < -0.3 is 25.0 Å². The lowest BCUT2D eigenvalue weighted by Gasteiger charge is -2.23. The Morgan fingerprint density at radius 2 is 1.68 bits per heavy atom. The van der Waals surface area contributed by atoms with Crippen molar-refractivity contribution in [2.24, 2.45) is 5.41 Å². The van der Waals surface area contributed by atoms with Crippen molar-refractivity contribution in [1.82, 2.24) is 15.3 Å². The normalized spacial score (nSPS) is 25.2. The van der Waals surface area contributed by atoms with Gasteiger partial charge >= 0.3 is 0 Å². The zero-order chi connectivity index (χ0) is 22.2. The number of carbonyl (C=O) groups excluding carboxylic acids is 1. The fraction of sp³-hybridized carbons (Fsp3) is 0.522. The Morgan fingerprint density at radius 3 is 2.32 bits per heavy atom. The van der Waals surface area contributed by atoms with Crippen LogP contribution in [0.4, 0.5) is 11.6 Å². The van der Waals surface area contributed by atoms with Crippen molar-refractivity contribution in [2.75, 3.05) is 37.5 Å². The number of anilines is 2. The van der Waals surface area contributed by atoms with Crippen LogP contribution in [0.3, 0.4) is 0 Å². The minimum atomic E-state index is -0.451. The summed E-state index contributed by atoms with van der Waals surface area (Å²) in [5.41, 5.74) is 2.56. The van der Waals surface area contributed by atoms with E-state index in [0.29, 0.717) is 19.2 Å². The number of benzene rings is 1. The van der Waals surface area contributed by atoms with Crippen LogP contribution in [-0.2, 0) is 14.3 Å². The number of fused-ring (bicyclic) bond motifs is 1. The highest BCUT2D eigenvalue weighted by molar-refractivity contribution is 5.81. The summed E-state index contributed by atoms with van der Waals surface area (Å²) >= 11 is 0. The van der Waals surface area contributed by atoms with E-state index in [1.807, 2.05) is 40.9 Å². The van der Waals surface area contributed by atoms with Gasteiger partial charge in [0, 0.05) is 37.0 Å². The van der Waals surface area contributed by atoms with Gasteiger partial charge in [0.2, 0.25) is 11.9 Å². The summed E-state index contributed by atoms with van der Waals surface area (Å²) in [6.07, 6.45) is 1.42. The number of nitrogens with one attached hydrogen (secondary N) is 2. The molecule has 2 aliphatic rings. The fourth-order valence-corrected chi connectivity index (χ4v) is 3.82. The molecule has 2 saturated heterocycles. The first kappa shape index (κ1) is 21.5. The summed E-state index contributed by atoms with van der Waals surface area (Å²) < 4.78 is 12.0. The monoisotopic (exact) mass is 425 g/mol. The summed E-state index contributed by atoms with van der Waals surface area (Å²) in [5, 5.41) is 6.43. The Balaban J connectivity index is 1.42. The molecule has 31 heavy (non-hydrogen) atoms. The smallest absolute Gasteiger partial charge is 0.225 e. The average Bonchev–Trinajstić information content (AvgIpc) is 3.31. The molecular formula is C23H31N5O3. The first-order chi connectivity index (χ1) is 14.7. The molecule has 2 aliphatic heterocycles. The van der Waals surface area contributed by atoms with Gasteiger partial charge in [-0.2, -0.15) is 0 Å². The van der Waals surface area contributed by atoms with Gasteiger partial charge in [-0.1, -0.05) is 32.9 Å². The quantitative estimate of drug-likeness (QED) is 0.760. The van der Waals surface area contributed by atoms with Crippen LogP contribution >= 0.6 is 0 Å². The number of hydrogen-bond donors (Lipinski definition) is 2. The van der Waals surface area contributed by atoms with Gasteiger partial charge in [-0.3, -0.25) is 4.79 Å². The summed E-state index contributed by atoms with van der Waals surface area (Å²) in [6.45, 7) is 6.60. The van der Waals surface area contributed by atoms with Crippen molar-refractivity contribution in [3.05, 3.63) is 36.5 Å². The fourth-order valence-electron chi connectivity index (χ4n) is 3.82. The highest BCUT2D eigenvalue weighted by Crippen LogP contribution is 2.30. The molecule has 8 heteroatoms. The van der Waals surface area contributed by atoms with Crippen molar-refractivity contribution in [2.45, 2.75) is 45.1 Å². The summed E-state index contributed by atoms with van der Waals surface area (Å²) in [5.74, 6) is 0.535. The number of rotatable bonds is 5. The molecular weight excluding hydrogens is 394 g/mol. The van der Waals surface area contributed by atoms with E-state index in [0.717, 1.165) is 16.9 Å². The van der Waals surface area contributed by atoms with Crippen molar-refractivity contribution >= 4 is 17.5 Å². The van der Waals surface area contributed by atoms with Crippen LogP contribution in [0.25, 0.3) is 11.3 Å². The first-order valence-corrected chi connectivity index (χ1v) is 10.6. The Labute approximate surface area is 183 Å². The van der Waals surface area contributed by atoms with E-state index in [1.165, 1.54) is 0 Å². The minimum Gasteiger partial charge on any atom is -0.378 e. The number of amides is 1. The molecule has 0 aliphatic carbocycles. The molecule has 1 aromatic heterocycles. The lowest BCUT2D eigenvalue weighted by molar-refractivity contribution is -0.129. The molecule has 2 fully saturated rings. The second-order valence-corrected chi connectivity index (χ2v) is 9.38. The van der Waals surface area contributed by atoms with Crippen molar-refractivity contribution < 1.29 is 14.3 Å².